The van der Waals surface area contributed by atoms with Crippen molar-refractivity contribution in [2.75, 3.05) is 26.7 Å². The van der Waals surface area contributed by atoms with Crippen molar-refractivity contribution in [3.63, 3.8) is 0 Å². The lowest BCUT2D eigenvalue weighted by molar-refractivity contribution is -0.142. The molecule has 4 heteroatoms. The zero-order chi connectivity index (χ0) is 9.26. The van der Waals surface area contributed by atoms with E-state index >= 15 is 0 Å². The third kappa shape index (κ3) is 1.69. The maximum atomic E-state index is 11.3. The SMILES string of the molecule is CN(C1CCNC1)C1CCOC1=O. The van der Waals surface area contributed by atoms with Crippen LogP contribution in [0.25, 0.3) is 0 Å². The van der Waals surface area contributed by atoms with Crippen molar-refractivity contribution in [2.24, 2.45) is 0 Å². The predicted molar refractivity (Wildman–Crippen MR) is 48.4 cm³/mol. The summed E-state index contributed by atoms with van der Waals surface area (Å²) in [7, 11) is 2.02. The highest BCUT2D eigenvalue weighted by Crippen LogP contribution is 2.17. The highest BCUT2D eigenvalue weighted by molar-refractivity contribution is 5.77. The first-order valence-corrected chi connectivity index (χ1v) is 4.88. The standard InChI is InChI=1S/C9H16N2O2/c1-11(7-2-4-10-6-7)8-3-5-13-9(8)12/h7-8,10H,2-6H2,1H3. The number of hydrogen-bond donors (Lipinski definition) is 1. The van der Waals surface area contributed by atoms with Crippen LogP contribution in [0.5, 0.6) is 0 Å². The van der Waals surface area contributed by atoms with Crippen LogP contribution in [-0.2, 0) is 9.53 Å². The van der Waals surface area contributed by atoms with E-state index in [2.05, 4.69) is 10.2 Å². The van der Waals surface area contributed by atoms with Gasteiger partial charge in [-0.1, -0.05) is 0 Å². The highest BCUT2D eigenvalue weighted by atomic mass is 16.5. The Balaban J connectivity index is 1.94. The fourth-order valence-corrected chi connectivity index (χ4v) is 2.10. The Kier molecular flexibility index (Phi) is 2.51. The maximum Gasteiger partial charge on any atom is 0.323 e. The predicted octanol–water partition coefficient (Wildman–Crippen LogP) is -0.404. The van der Waals surface area contributed by atoms with Crippen LogP contribution in [0.15, 0.2) is 0 Å². The molecular weight excluding hydrogens is 168 g/mol. The van der Waals surface area contributed by atoms with Gasteiger partial charge in [0, 0.05) is 19.0 Å². The first-order valence-electron chi connectivity index (χ1n) is 4.88. The lowest BCUT2D eigenvalue weighted by Crippen LogP contribution is -2.43. The summed E-state index contributed by atoms with van der Waals surface area (Å²) in [6, 6.07) is 0.514. The highest BCUT2D eigenvalue weighted by Gasteiger charge is 2.34. The fraction of sp³-hybridized carbons (Fsp3) is 0.889. The molecule has 2 unspecified atom stereocenters. The van der Waals surface area contributed by atoms with Gasteiger partial charge in [0.2, 0.25) is 0 Å². The molecule has 0 amide bonds. The first kappa shape index (κ1) is 8.97. The van der Waals surface area contributed by atoms with E-state index in [0.29, 0.717) is 12.6 Å². The smallest absolute Gasteiger partial charge is 0.323 e. The molecule has 2 fully saturated rings. The summed E-state index contributed by atoms with van der Waals surface area (Å²) in [5.74, 6) is -0.0469. The van der Waals surface area contributed by atoms with Crippen molar-refractivity contribution in [1.82, 2.24) is 10.2 Å². The fourth-order valence-electron chi connectivity index (χ4n) is 2.10. The minimum absolute atomic E-state index is 0.00454. The van der Waals surface area contributed by atoms with Crippen LogP contribution in [-0.4, -0.2) is 49.7 Å². The molecule has 0 aromatic carbocycles. The molecule has 1 N–H and O–H groups in total. The Bertz CT molecular complexity index is 202. The quantitative estimate of drug-likeness (QED) is 0.593. The molecule has 0 aromatic rings. The summed E-state index contributed by atoms with van der Waals surface area (Å²) in [6.45, 7) is 2.66. The minimum Gasteiger partial charge on any atom is -0.464 e. The van der Waals surface area contributed by atoms with Crippen LogP contribution in [0.4, 0.5) is 0 Å². The van der Waals surface area contributed by atoms with E-state index in [4.69, 9.17) is 4.74 Å². The molecule has 0 aromatic heterocycles. The molecule has 2 heterocycles. The number of rotatable bonds is 2. The number of nitrogens with zero attached hydrogens (tertiary/aromatic N) is 1. The Hall–Kier alpha value is -0.610. The van der Waals surface area contributed by atoms with E-state index in [-0.39, 0.29) is 12.0 Å². The molecule has 2 atom stereocenters. The van der Waals surface area contributed by atoms with Crippen molar-refractivity contribution in [1.29, 1.82) is 0 Å². The van der Waals surface area contributed by atoms with Gasteiger partial charge in [-0.2, -0.15) is 0 Å². The summed E-state index contributed by atoms with van der Waals surface area (Å²) in [5.41, 5.74) is 0. The van der Waals surface area contributed by atoms with Crippen LogP contribution in [0.1, 0.15) is 12.8 Å². The van der Waals surface area contributed by atoms with Crippen LogP contribution in [0.3, 0.4) is 0 Å². The molecular formula is C9H16N2O2. The zero-order valence-corrected chi connectivity index (χ0v) is 7.95. The lowest BCUT2D eigenvalue weighted by Gasteiger charge is -2.26. The van der Waals surface area contributed by atoms with E-state index in [0.717, 1.165) is 25.9 Å². The van der Waals surface area contributed by atoms with E-state index in [1.54, 1.807) is 0 Å². The molecule has 2 aliphatic rings. The number of ether oxygens (including phenoxy) is 1. The molecule has 2 aliphatic heterocycles. The molecule has 0 saturated carbocycles. The van der Waals surface area contributed by atoms with Gasteiger partial charge in [-0.05, 0) is 20.0 Å². The molecule has 4 nitrogen and oxygen atoms in total. The molecule has 2 rings (SSSR count). The summed E-state index contributed by atoms with van der Waals surface area (Å²) >= 11 is 0. The average Bonchev–Trinajstić information content (AvgIpc) is 2.72. The second-order valence-electron chi connectivity index (χ2n) is 3.78. The molecule has 0 aliphatic carbocycles. The molecule has 74 valence electrons. The average molecular weight is 184 g/mol. The maximum absolute atomic E-state index is 11.3. The Morgan fingerprint density at radius 2 is 2.38 bits per heavy atom. The number of esters is 1. The molecule has 2 saturated heterocycles. The van der Waals surface area contributed by atoms with E-state index in [9.17, 15) is 4.79 Å². The van der Waals surface area contributed by atoms with E-state index in [1.807, 2.05) is 7.05 Å². The van der Waals surface area contributed by atoms with Crippen LogP contribution < -0.4 is 5.32 Å². The number of hydrogen-bond acceptors (Lipinski definition) is 4. The minimum atomic E-state index is -0.0469. The normalized spacial score (nSPS) is 34.2. The van der Waals surface area contributed by atoms with Gasteiger partial charge in [-0.15, -0.1) is 0 Å². The number of carbonyl (C=O) groups excluding carboxylic acids is 1. The number of likely N-dealkylation sites (N-methyl/N-ethyl adjacent to an activating group) is 1. The van der Waals surface area contributed by atoms with Gasteiger partial charge in [0.05, 0.1) is 6.61 Å². The number of carbonyl (C=O) groups is 1. The molecule has 13 heavy (non-hydrogen) atoms. The van der Waals surface area contributed by atoms with Gasteiger partial charge in [-0.3, -0.25) is 9.69 Å². The van der Waals surface area contributed by atoms with Crippen LogP contribution in [0, 0.1) is 0 Å². The zero-order valence-electron chi connectivity index (χ0n) is 7.95. The van der Waals surface area contributed by atoms with Gasteiger partial charge >= 0.3 is 5.97 Å². The molecule has 0 spiro atoms. The second kappa shape index (κ2) is 3.64. The molecule has 0 radical (unpaired) electrons. The third-order valence-electron chi connectivity index (χ3n) is 3.01. The molecule has 0 bridgehead atoms. The van der Waals surface area contributed by atoms with Crippen LogP contribution >= 0.6 is 0 Å². The summed E-state index contributed by atoms with van der Waals surface area (Å²) in [4.78, 5) is 13.5. The topological polar surface area (TPSA) is 41.6 Å². The van der Waals surface area contributed by atoms with Crippen molar-refractivity contribution < 1.29 is 9.53 Å². The van der Waals surface area contributed by atoms with Crippen molar-refractivity contribution in [2.45, 2.75) is 24.9 Å². The van der Waals surface area contributed by atoms with E-state index in [1.165, 1.54) is 0 Å². The Morgan fingerprint density at radius 3 is 2.92 bits per heavy atom. The second-order valence-corrected chi connectivity index (χ2v) is 3.78. The van der Waals surface area contributed by atoms with Gasteiger partial charge < -0.3 is 10.1 Å². The van der Waals surface area contributed by atoms with Gasteiger partial charge in [0.25, 0.3) is 0 Å². The van der Waals surface area contributed by atoms with Gasteiger partial charge in [0.15, 0.2) is 0 Å². The number of nitrogens with one attached hydrogen (secondary N) is 1. The first-order chi connectivity index (χ1) is 6.29. The summed E-state index contributed by atoms with van der Waals surface area (Å²) < 4.78 is 4.95. The van der Waals surface area contributed by atoms with E-state index < -0.39 is 0 Å². The van der Waals surface area contributed by atoms with Gasteiger partial charge in [0.1, 0.15) is 6.04 Å². The number of cyclic esters (lactones) is 1. The van der Waals surface area contributed by atoms with Crippen LogP contribution in [0.2, 0.25) is 0 Å². The largest absolute Gasteiger partial charge is 0.464 e. The summed E-state index contributed by atoms with van der Waals surface area (Å²) in [6.07, 6.45) is 1.99. The van der Waals surface area contributed by atoms with Crippen molar-refractivity contribution >= 4 is 5.97 Å². The lowest BCUT2D eigenvalue weighted by atomic mass is 10.1. The van der Waals surface area contributed by atoms with Gasteiger partial charge in [-0.25, -0.2) is 0 Å². The Morgan fingerprint density at radius 1 is 1.54 bits per heavy atom. The van der Waals surface area contributed by atoms with Crippen molar-refractivity contribution in [3.8, 4) is 0 Å². The monoisotopic (exact) mass is 184 g/mol. The van der Waals surface area contributed by atoms with Crippen molar-refractivity contribution in [3.05, 3.63) is 0 Å². The third-order valence-corrected chi connectivity index (χ3v) is 3.01. The summed E-state index contributed by atoms with van der Waals surface area (Å²) in [5, 5.41) is 3.30. The Labute approximate surface area is 78.2 Å².